The van der Waals surface area contributed by atoms with Gasteiger partial charge in [-0.15, -0.1) is 0 Å². The van der Waals surface area contributed by atoms with Crippen molar-refractivity contribution in [3.63, 3.8) is 0 Å². The number of ether oxygens (including phenoxy) is 2. The second-order valence-electron chi connectivity index (χ2n) is 6.02. The van der Waals surface area contributed by atoms with Gasteiger partial charge in [0.15, 0.2) is 0 Å². The van der Waals surface area contributed by atoms with E-state index in [2.05, 4.69) is 10.3 Å². The number of aryl methyl sites for hydroxylation is 1. The van der Waals surface area contributed by atoms with Crippen LogP contribution in [0.2, 0.25) is 5.02 Å². The Morgan fingerprint density at radius 3 is 2.88 bits per heavy atom. The van der Waals surface area contributed by atoms with Crippen LogP contribution in [-0.4, -0.2) is 47.8 Å². The molecule has 1 N–H and O–H groups in total. The second-order valence-corrected chi connectivity index (χ2v) is 6.45. The quantitative estimate of drug-likeness (QED) is 0.898. The Bertz CT molecular complexity index is 738. The average molecular weight is 352 g/mol. The third kappa shape index (κ3) is 3.27. The number of hydrogen-bond donors (Lipinski definition) is 1. The summed E-state index contributed by atoms with van der Waals surface area (Å²) in [5.41, 5.74) is 1.65. The maximum Gasteiger partial charge on any atom is 0.270 e. The highest BCUT2D eigenvalue weighted by molar-refractivity contribution is 6.30. The van der Waals surface area contributed by atoms with Crippen LogP contribution in [0.25, 0.3) is 5.65 Å². The first-order valence-electron chi connectivity index (χ1n) is 8.16. The SMILES string of the molecule is CCc1nc2ccc(Cl)cn2c1C(=O)NCC1(OC)CCOCC1. The Morgan fingerprint density at radius 2 is 2.21 bits per heavy atom. The lowest BCUT2D eigenvalue weighted by Crippen LogP contribution is -2.48. The van der Waals surface area contributed by atoms with E-state index in [1.807, 2.05) is 13.0 Å². The van der Waals surface area contributed by atoms with E-state index in [1.165, 1.54) is 0 Å². The van der Waals surface area contributed by atoms with Crippen LogP contribution in [0.1, 0.15) is 35.9 Å². The van der Waals surface area contributed by atoms with Crippen molar-refractivity contribution < 1.29 is 14.3 Å². The summed E-state index contributed by atoms with van der Waals surface area (Å²) in [5.74, 6) is -0.162. The average Bonchev–Trinajstić information content (AvgIpc) is 2.98. The van der Waals surface area contributed by atoms with Crippen molar-refractivity contribution in [1.82, 2.24) is 14.7 Å². The number of nitrogens with zero attached hydrogens (tertiary/aromatic N) is 2. The zero-order chi connectivity index (χ0) is 17.2. The Kier molecular flexibility index (Phi) is 5.08. The third-order valence-corrected chi connectivity index (χ3v) is 4.84. The molecular formula is C17H22ClN3O3. The number of imidazole rings is 1. The van der Waals surface area contributed by atoms with Gasteiger partial charge in [0.2, 0.25) is 0 Å². The van der Waals surface area contributed by atoms with Crippen LogP contribution in [-0.2, 0) is 15.9 Å². The topological polar surface area (TPSA) is 64.9 Å². The molecular weight excluding hydrogens is 330 g/mol. The number of amides is 1. The summed E-state index contributed by atoms with van der Waals surface area (Å²) in [6.45, 7) is 3.72. The first-order chi connectivity index (χ1) is 11.6. The van der Waals surface area contributed by atoms with E-state index < -0.39 is 0 Å². The highest BCUT2D eigenvalue weighted by atomic mass is 35.5. The summed E-state index contributed by atoms with van der Waals surface area (Å²) in [6.07, 6.45) is 3.93. The smallest absolute Gasteiger partial charge is 0.270 e. The number of hydrogen-bond acceptors (Lipinski definition) is 4. The van der Waals surface area contributed by atoms with E-state index in [1.54, 1.807) is 23.8 Å². The van der Waals surface area contributed by atoms with Crippen molar-refractivity contribution in [1.29, 1.82) is 0 Å². The molecule has 3 rings (SSSR count). The molecule has 0 saturated carbocycles. The maximum atomic E-state index is 12.8. The molecule has 24 heavy (non-hydrogen) atoms. The molecule has 3 heterocycles. The fraction of sp³-hybridized carbons (Fsp3) is 0.529. The van der Waals surface area contributed by atoms with Crippen LogP contribution in [0.5, 0.6) is 0 Å². The van der Waals surface area contributed by atoms with Crippen LogP contribution in [0, 0.1) is 0 Å². The monoisotopic (exact) mass is 351 g/mol. The van der Waals surface area contributed by atoms with E-state index >= 15 is 0 Å². The molecule has 6 nitrogen and oxygen atoms in total. The molecule has 0 atom stereocenters. The molecule has 1 aliphatic rings. The summed E-state index contributed by atoms with van der Waals surface area (Å²) in [4.78, 5) is 17.3. The van der Waals surface area contributed by atoms with Crippen LogP contribution in [0.15, 0.2) is 18.3 Å². The number of methoxy groups -OCH3 is 1. The first kappa shape index (κ1) is 17.2. The summed E-state index contributed by atoms with van der Waals surface area (Å²) in [5, 5.41) is 3.57. The van der Waals surface area contributed by atoms with Crippen LogP contribution in [0.4, 0.5) is 0 Å². The van der Waals surface area contributed by atoms with Gasteiger partial charge < -0.3 is 14.8 Å². The van der Waals surface area contributed by atoms with Gasteiger partial charge in [0.25, 0.3) is 5.91 Å². The zero-order valence-corrected chi connectivity index (χ0v) is 14.7. The Balaban J connectivity index is 1.84. The minimum atomic E-state index is -0.363. The van der Waals surface area contributed by atoms with Gasteiger partial charge in [-0.2, -0.15) is 0 Å². The Labute approximate surface area is 146 Å². The number of carbonyl (C=O) groups is 1. The van der Waals surface area contributed by atoms with Crippen LogP contribution < -0.4 is 5.32 Å². The molecule has 0 radical (unpaired) electrons. The van der Waals surface area contributed by atoms with Gasteiger partial charge in [-0.05, 0) is 18.6 Å². The minimum Gasteiger partial charge on any atom is -0.381 e. The standard InChI is InChI=1S/C17H22ClN3O3/c1-3-13-15(21-10-12(18)4-5-14(21)20-13)16(22)19-11-17(23-2)6-8-24-9-7-17/h4-5,10H,3,6-9,11H2,1-2H3,(H,19,22). The summed E-state index contributed by atoms with van der Waals surface area (Å²) in [7, 11) is 1.68. The predicted molar refractivity (Wildman–Crippen MR) is 91.7 cm³/mol. The van der Waals surface area contributed by atoms with Crippen molar-refractivity contribution in [2.24, 2.45) is 0 Å². The Hall–Kier alpha value is -1.63. The zero-order valence-electron chi connectivity index (χ0n) is 14.0. The normalized spacial score (nSPS) is 17.1. The van der Waals surface area contributed by atoms with Gasteiger partial charge in [0.05, 0.1) is 16.3 Å². The van der Waals surface area contributed by atoms with Crippen molar-refractivity contribution in [3.8, 4) is 0 Å². The largest absolute Gasteiger partial charge is 0.381 e. The van der Waals surface area contributed by atoms with Gasteiger partial charge in [-0.25, -0.2) is 4.98 Å². The van der Waals surface area contributed by atoms with Gasteiger partial charge >= 0.3 is 0 Å². The molecule has 0 spiro atoms. The van der Waals surface area contributed by atoms with Gasteiger partial charge in [0.1, 0.15) is 11.3 Å². The van der Waals surface area contributed by atoms with Gasteiger partial charge in [-0.3, -0.25) is 9.20 Å². The molecule has 1 aliphatic heterocycles. The Morgan fingerprint density at radius 1 is 1.46 bits per heavy atom. The summed E-state index contributed by atoms with van der Waals surface area (Å²) in [6, 6.07) is 3.58. The molecule has 0 aromatic carbocycles. The summed E-state index contributed by atoms with van der Waals surface area (Å²) >= 11 is 6.08. The highest BCUT2D eigenvalue weighted by Crippen LogP contribution is 2.24. The fourth-order valence-electron chi connectivity index (χ4n) is 3.08. The van der Waals surface area contributed by atoms with Crippen molar-refractivity contribution >= 4 is 23.2 Å². The number of rotatable bonds is 5. The van der Waals surface area contributed by atoms with Gasteiger partial charge in [0, 0.05) is 45.9 Å². The van der Waals surface area contributed by atoms with Gasteiger partial charge in [-0.1, -0.05) is 18.5 Å². The lowest BCUT2D eigenvalue weighted by atomic mass is 9.94. The second kappa shape index (κ2) is 7.09. The predicted octanol–water partition coefficient (Wildman–Crippen LogP) is 2.48. The number of carbonyl (C=O) groups excluding carboxylic acids is 1. The van der Waals surface area contributed by atoms with Crippen LogP contribution >= 0.6 is 11.6 Å². The molecule has 130 valence electrons. The van der Waals surface area contributed by atoms with Crippen molar-refractivity contribution in [2.45, 2.75) is 31.8 Å². The molecule has 0 unspecified atom stereocenters. The molecule has 1 fully saturated rings. The van der Waals surface area contributed by atoms with E-state index in [0.717, 1.165) is 18.5 Å². The molecule has 0 aliphatic carbocycles. The lowest BCUT2D eigenvalue weighted by Gasteiger charge is -2.35. The molecule has 1 saturated heterocycles. The van der Waals surface area contributed by atoms with E-state index in [4.69, 9.17) is 21.1 Å². The van der Waals surface area contributed by atoms with E-state index in [0.29, 0.717) is 42.5 Å². The number of nitrogens with one attached hydrogen (secondary N) is 1. The number of pyridine rings is 1. The maximum absolute atomic E-state index is 12.8. The number of aromatic nitrogens is 2. The third-order valence-electron chi connectivity index (χ3n) is 4.61. The molecule has 2 aromatic rings. The van der Waals surface area contributed by atoms with Crippen molar-refractivity contribution in [2.75, 3.05) is 26.9 Å². The minimum absolute atomic E-state index is 0.162. The number of halogens is 1. The molecule has 2 aromatic heterocycles. The molecule has 0 bridgehead atoms. The van der Waals surface area contributed by atoms with Crippen molar-refractivity contribution in [3.05, 3.63) is 34.7 Å². The van der Waals surface area contributed by atoms with E-state index in [9.17, 15) is 4.79 Å². The highest BCUT2D eigenvalue weighted by Gasteiger charge is 2.33. The summed E-state index contributed by atoms with van der Waals surface area (Å²) < 4.78 is 12.8. The first-order valence-corrected chi connectivity index (χ1v) is 8.54. The molecule has 1 amide bonds. The molecule has 7 heteroatoms. The number of fused-ring (bicyclic) bond motifs is 1. The van der Waals surface area contributed by atoms with E-state index in [-0.39, 0.29) is 11.5 Å². The van der Waals surface area contributed by atoms with Crippen LogP contribution in [0.3, 0.4) is 0 Å². The fourth-order valence-corrected chi connectivity index (χ4v) is 3.24. The lowest BCUT2D eigenvalue weighted by molar-refractivity contribution is -0.0864.